The fourth-order valence-electron chi connectivity index (χ4n) is 3.01. The predicted molar refractivity (Wildman–Crippen MR) is 105 cm³/mol. The van der Waals surface area contributed by atoms with Crippen LogP contribution in [0.4, 0.5) is 10.7 Å². The van der Waals surface area contributed by atoms with E-state index in [1.807, 2.05) is 12.1 Å². The summed E-state index contributed by atoms with van der Waals surface area (Å²) >= 11 is 1.51. The fraction of sp³-hybridized carbons (Fsp3) is 0.400. The van der Waals surface area contributed by atoms with Crippen molar-refractivity contribution in [1.29, 1.82) is 0 Å². The van der Waals surface area contributed by atoms with E-state index in [0.29, 0.717) is 16.3 Å². The maximum absolute atomic E-state index is 12.1. The summed E-state index contributed by atoms with van der Waals surface area (Å²) in [4.78, 5) is 25.4. The highest BCUT2D eigenvalue weighted by Gasteiger charge is 2.22. The van der Waals surface area contributed by atoms with Crippen LogP contribution in [0.25, 0.3) is 0 Å². The molecular formula is C20H24N2O3S. The van der Waals surface area contributed by atoms with Gasteiger partial charge in [-0.15, -0.1) is 11.3 Å². The average Bonchev–Trinajstić information content (AvgIpc) is 3.16. The standard InChI is InChI=1S/C20H24N2O3S/c1-20(2,3)13-9-7-12(8-10-13)19(24)25-11-16(23)22-18-17(21)14-5-4-6-15(14)26-18/h7-10H,4-6,11,21H2,1-3H3,(H,22,23). The molecule has 0 saturated heterocycles. The van der Waals surface area contributed by atoms with Crippen molar-refractivity contribution in [3.8, 4) is 0 Å². The Labute approximate surface area is 157 Å². The van der Waals surface area contributed by atoms with Gasteiger partial charge in [-0.3, -0.25) is 4.79 Å². The number of nitrogens with two attached hydrogens (primary N) is 1. The van der Waals surface area contributed by atoms with E-state index < -0.39 is 5.97 Å². The molecule has 0 fully saturated rings. The molecule has 1 aliphatic rings. The SMILES string of the molecule is CC(C)(C)c1ccc(C(=O)OCC(=O)Nc2sc3c(c2N)CCC3)cc1. The van der Waals surface area contributed by atoms with Crippen molar-refractivity contribution in [1.82, 2.24) is 0 Å². The van der Waals surface area contributed by atoms with Crippen LogP contribution >= 0.6 is 11.3 Å². The minimum atomic E-state index is -0.512. The molecule has 0 spiro atoms. The molecule has 6 heteroatoms. The summed E-state index contributed by atoms with van der Waals surface area (Å²) in [6.07, 6.45) is 3.10. The molecule has 5 nitrogen and oxygen atoms in total. The molecular weight excluding hydrogens is 348 g/mol. The average molecular weight is 372 g/mol. The Morgan fingerprint density at radius 2 is 1.88 bits per heavy atom. The second-order valence-corrected chi connectivity index (χ2v) is 8.66. The van der Waals surface area contributed by atoms with E-state index >= 15 is 0 Å². The third-order valence-electron chi connectivity index (χ3n) is 4.54. The van der Waals surface area contributed by atoms with E-state index in [-0.39, 0.29) is 17.9 Å². The lowest BCUT2D eigenvalue weighted by molar-refractivity contribution is -0.119. The number of anilines is 2. The van der Waals surface area contributed by atoms with E-state index in [9.17, 15) is 9.59 Å². The van der Waals surface area contributed by atoms with Gasteiger partial charge in [-0.05, 0) is 47.9 Å². The number of benzene rings is 1. The van der Waals surface area contributed by atoms with Gasteiger partial charge >= 0.3 is 5.97 Å². The highest BCUT2D eigenvalue weighted by Crippen LogP contribution is 2.40. The van der Waals surface area contributed by atoms with E-state index in [2.05, 4.69) is 26.1 Å². The highest BCUT2D eigenvalue weighted by atomic mass is 32.1. The number of hydrogen-bond acceptors (Lipinski definition) is 5. The van der Waals surface area contributed by atoms with Crippen molar-refractivity contribution in [3.63, 3.8) is 0 Å². The molecule has 0 unspecified atom stereocenters. The van der Waals surface area contributed by atoms with Crippen molar-refractivity contribution >= 4 is 33.9 Å². The molecule has 1 aromatic heterocycles. The van der Waals surface area contributed by atoms with Crippen molar-refractivity contribution in [3.05, 3.63) is 45.8 Å². The summed E-state index contributed by atoms with van der Waals surface area (Å²) in [7, 11) is 0. The summed E-state index contributed by atoms with van der Waals surface area (Å²) in [5.41, 5.74) is 9.47. The molecule has 0 bridgehead atoms. The number of carbonyl (C=O) groups is 2. The Morgan fingerprint density at radius 3 is 2.50 bits per heavy atom. The van der Waals surface area contributed by atoms with Crippen LogP contribution in [0.2, 0.25) is 0 Å². The minimum absolute atomic E-state index is 0.0171. The summed E-state index contributed by atoms with van der Waals surface area (Å²) < 4.78 is 5.12. The maximum Gasteiger partial charge on any atom is 0.338 e. The Morgan fingerprint density at radius 1 is 1.19 bits per heavy atom. The Hall–Kier alpha value is -2.34. The van der Waals surface area contributed by atoms with Crippen LogP contribution in [-0.2, 0) is 27.8 Å². The van der Waals surface area contributed by atoms with Crippen LogP contribution < -0.4 is 11.1 Å². The normalized spacial score (nSPS) is 13.3. The number of nitrogen functional groups attached to an aromatic ring is 1. The lowest BCUT2D eigenvalue weighted by Crippen LogP contribution is -2.21. The number of fused-ring (bicyclic) bond motifs is 1. The first kappa shape index (κ1) is 18.5. The van der Waals surface area contributed by atoms with Gasteiger partial charge in [0.2, 0.25) is 0 Å². The number of amides is 1. The molecule has 138 valence electrons. The number of carbonyl (C=O) groups excluding carboxylic acids is 2. The molecule has 26 heavy (non-hydrogen) atoms. The number of ether oxygens (including phenoxy) is 1. The van der Waals surface area contributed by atoms with Crippen molar-refractivity contribution < 1.29 is 14.3 Å². The van der Waals surface area contributed by atoms with Crippen LogP contribution in [0.5, 0.6) is 0 Å². The lowest BCUT2D eigenvalue weighted by atomic mass is 9.87. The first-order valence-electron chi connectivity index (χ1n) is 8.73. The molecule has 1 heterocycles. The van der Waals surface area contributed by atoms with E-state index in [1.165, 1.54) is 16.2 Å². The molecule has 0 saturated carbocycles. The Balaban J connectivity index is 1.55. The van der Waals surface area contributed by atoms with Gasteiger partial charge in [-0.1, -0.05) is 32.9 Å². The zero-order valence-corrected chi connectivity index (χ0v) is 16.2. The number of rotatable bonds is 4. The van der Waals surface area contributed by atoms with Crippen molar-refractivity contribution in [2.24, 2.45) is 0 Å². The maximum atomic E-state index is 12.1. The zero-order valence-electron chi connectivity index (χ0n) is 15.3. The molecule has 2 aromatic rings. The van der Waals surface area contributed by atoms with Gasteiger partial charge in [0.15, 0.2) is 6.61 Å². The molecule has 1 amide bonds. The Kier molecular flexibility index (Phi) is 5.05. The molecule has 0 radical (unpaired) electrons. The molecule has 1 aromatic carbocycles. The van der Waals surface area contributed by atoms with E-state index in [1.54, 1.807) is 12.1 Å². The van der Waals surface area contributed by atoms with Crippen LogP contribution in [-0.4, -0.2) is 18.5 Å². The number of nitrogens with one attached hydrogen (secondary N) is 1. The van der Waals surface area contributed by atoms with Gasteiger partial charge < -0.3 is 15.8 Å². The molecule has 0 atom stereocenters. The monoisotopic (exact) mass is 372 g/mol. The highest BCUT2D eigenvalue weighted by molar-refractivity contribution is 7.17. The minimum Gasteiger partial charge on any atom is -0.452 e. The van der Waals surface area contributed by atoms with Crippen molar-refractivity contribution in [2.75, 3.05) is 17.7 Å². The largest absolute Gasteiger partial charge is 0.452 e. The van der Waals surface area contributed by atoms with E-state index in [4.69, 9.17) is 10.5 Å². The third kappa shape index (κ3) is 3.90. The van der Waals surface area contributed by atoms with Crippen LogP contribution in [0.1, 0.15) is 53.6 Å². The van der Waals surface area contributed by atoms with Gasteiger partial charge in [0.25, 0.3) is 5.91 Å². The first-order valence-corrected chi connectivity index (χ1v) is 9.55. The second kappa shape index (κ2) is 7.11. The number of esters is 1. The van der Waals surface area contributed by atoms with Gasteiger partial charge in [0.1, 0.15) is 5.00 Å². The Bertz CT molecular complexity index is 832. The third-order valence-corrected chi connectivity index (χ3v) is 5.76. The summed E-state index contributed by atoms with van der Waals surface area (Å²) in [5, 5.41) is 3.41. The number of aryl methyl sites for hydroxylation is 1. The van der Waals surface area contributed by atoms with Crippen LogP contribution in [0.3, 0.4) is 0 Å². The molecule has 0 aliphatic heterocycles. The van der Waals surface area contributed by atoms with Gasteiger partial charge in [-0.25, -0.2) is 4.79 Å². The van der Waals surface area contributed by atoms with E-state index in [0.717, 1.165) is 30.4 Å². The summed E-state index contributed by atoms with van der Waals surface area (Å²) in [6.45, 7) is 5.99. The zero-order chi connectivity index (χ0) is 18.9. The number of thiophene rings is 1. The quantitative estimate of drug-likeness (QED) is 0.797. The van der Waals surface area contributed by atoms with Crippen LogP contribution in [0.15, 0.2) is 24.3 Å². The smallest absolute Gasteiger partial charge is 0.338 e. The molecule has 1 aliphatic carbocycles. The number of hydrogen-bond donors (Lipinski definition) is 2. The molecule has 3 rings (SSSR count). The van der Waals surface area contributed by atoms with Crippen molar-refractivity contribution in [2.45, 2.75) is 45.4 Å². The van der Waals surface area contributed by atoms with Crippen LogP contribution in [0, 0.1) is 0 Å². The van der Waals surface area contributed by atoms with Gasteiger partial charge in [0, 0.05) is 4.88 Å². The lowest BCUT2D eigenvalue weighted by Gasteiger charge is -2.18. The molecule has 3 N–H and O–H groups in total. The summed E-state index contributed by atoms with van der Waals surface area (Å²) in [6, 6.07) is 7.26. The fourth-order valence-corrected chi connectivity index (χ4v) is 4.23. The van der Waals surface area contributed by atoms with Gasteiger partial charge in [0.05, 0.1) is 11.3 Å². The predicted octanol–water partition coefficient (Wildman–Crippen LogP) is 3.91. The topological polar surface area (TPSA) is 81.4 Å². The van der Waals surface area contributed by atoms with Gasteiger partial charge in [-0.2, -0.15) is 0 Å². The second-order valence-electron chi connectivity index (χ2n) is 7.55. The summed E-state index contributed by atoms with van der Waals surface area (Å²) in [5.74, 6) is -0.890. The first-order chi connectivity index (χ1) is 12.3.